The zero-order chi connectivity index (χ0) is 44.5. The van der Waals surface area contributed by atoms with Crippen molar-refractivity contribution >= 4 is 64.6 Å². The molecule has 4 amide bonds. The molecule has 332 valence electrons. The van der Waals surface area contributed by atoms with E-state index in [9.17, 15) is 24.0 Å². The van der Waals surface area contributed by atoms with Gasteiger partial charge < -0.3 is 35.9 Å². The summed E-state index contributed by atoms with van der Waals surface area (Å²) in [6.07, 6.45) is 9.20. The summed E-state index contributed by atoms with van der Waals surface area (Å²) in [5.41, 5.74) is 6.26. The molecule has 5 heterocycles. The molecule has 2 aromatic heterocycles. The lowest BCUT2D eigenvalue weighted by Gasteiger charge is -2.62. The summed E-state index contributed by atoms with van der Waals surface area (Å²) in [6.45, 7) is 11.6. The SMILES string of the molecule is C=CCNC(=O)c1cnc(Nc2ccc(N3CCN(C4CC5(C4)CN(c4cccc6c4C(=O)N(C(C=O)CCC(=O)NC)C6=O)C5)CC3)cc2)nc1Nc1ccc2c(n1)C(CC)CC2. The Labute approximate surface area is 372 Å². The minimum atomic E-state index is -0.996. The number of carbonyl (C=O) groups is 5. The van der Waals surface area contributed by atoms with Crippen molar-refractivity contribution in [2.45, 2.75) is 69.9 Å². The van der Waals surface area contributed by atoms with Gasteiger partial charge in [0.05, 0.1) is 22.9 Å². The number of rotatable bonds is 16. The Hall–Kier alpha value is -6.68. The number of amides is 4. The first-order chi connectivity index (χ1) is 31.1. The summed E-state index contributed by atoms with van der Waals surface area (Å²) in [6, 6.07) is 17.2. The second-order valence-corrected chi connectivity index (χ2v) is 17.7. The average Bonchev–Trinajstić information content (AvgIpc) is 3.82. The maximum atomic E-state index is 13.6. The molecule has 2 aliphatic carbocycles. The molecule has 2 unspecified atom stereocenters. The number of benzene rings is 2. The lowest BCUT2D eigenvalue weighted by atomic mass is 9.60. The Bertz CT molecular complexity index is 2470. The summed E-state index contributed by atoms with van der Waals surface area (Å²) < 4.78 is 0. The van der Waals surface area contributed by atoms with E-state index in [1.54, 1.807) is 18.2 Å². The van der Waals surface area contributed by atoms with Crippen molar-refractivity contribution in [1.82, 2.24) is 35.4 Å². The third-order valence-corrected chi connectivity index (χ3v) is 13.7. The van der Waals surface area contributed by atoms with Crippen LogP contribution in [0.1, 0.15) is 93.7 Å². The molecule has 16 nitrogen and oxygen atoms in total. The van der Waals surface area contributed by atoms with Gasteiger partial charge in [0.25, 0.3) is 17.7 Å². The Morgan fingerprint density at radius 1 is 0.953 bits per heavy atom. The first kappa shape index (κ1) is 42.6. The van der Waals surface area contributed by atoms with Gasteiger partial charge >= 0.3 is 0 Å². The van der Waals surface area contributed by atoms with Crippen molar-refractivity contribution in [2.24, 2.45) is 5.41 Å². The molecular weight excluding hydrogens is 811 g/mol. The first-order valence-electron chi connectivity index (χ1n) is 22.4. The fraction of sp³-hybridized carbons (Fsp3) is 0.417. The van der Waals surface area contributed by atoms with Crippen molar-refractivity contribution in [3.63, 3.8) is 0 Å². The van der Waals surface area contributed by atoms with E-state index < -0.39 is 17.9 Å². The van der Waals surface area contributed by atoms with E-state index in [0.717, 1.165) is 99.0 Å². The second-order valence-electron chi connectivity index (χ2n) is 17.7. The topological polar surface area (TPSA) is 185 Å². The molecule has 1 saturated carbocycles. The summed E-state index contributed by atoms with van der Waals surface area (Å²) in [5.74, 6) is 0.270. The van der Waals surface area contributed by atoms with Gasteiger partial charge in [-0.25, -0.2) is 9.97 Å². The first-order valence-corrected chi connectivity index (χ1v) is 22.4. The minimum Gasteiger partial charge on any atom is -0.370 e. The van der Waals surface area contributed by atoms with Gasteiger partial charge in [0, 0.05) is 99.9 Å². The van der Waals surface area contributed by atoms with Crippen LogP contribution in [0.4, 0.5) is 34.6 Å². The molecule has 4 N–H and O–H groups in total. The average molecular weight is 866 g/mol. The van der Waals surface area contributed by atoms with Crippen LogP contribution in [0.3, 0.4) is 0 Å². The molecule has 16 heteroatoms. The lowest BCUT2D eigenvalue weighted by Crippen LogP contribution is -2.68. The minimum absolute atomic E-state index is 0.0405. The number of piperazine rings is 1. The molecule has 64 heavy (non-hydrogen) atoms. The number of pyridine rings is 1. The van der Waals surface area contributed by atoms with Crippen LogP contribution in [0.15, 0.2) is 73.4 Å². The van der Waals surface area contributed by atoms with E-state index in [1.165, 1.54) is 18.8 Å². The third-order valence-electron chi connectivity index (χ3n) is 13.7. The van der Waals surface area contributed by atoms with E-state index in [2.05, 4.69) is 72.7 Å². The number of hydrogen-bond donors (Lipinski definition) is 4. The summed E-state index contributed by atoms with van der Waals surface area (Å²) in [5, 5.41) is 12.0. The molecule has 1 spiro atoms. The molecule has 2 saturated heterocycles. The molecule has 3 aliphatic heterocycles. The van der Waals surface area contributed by atoms with Gasteiger partial charge in [-0.1, -0.05) is 25.1 Å². The molecule has 3 fully saturated rings. The van der Waals surface area contributed by atoms with Crippen molar-refractivity contribution in [3.05, 3.63) is 101 Å². The van der Waals surface area contributed by atoms with Crippen LogP contribution in [0.5, 0.6) is 0 Å². The number of carbonyl (C=O) groups excluding carboxylic acids is 5. The number of aldehydes is 1. The predicted molar refractivity (Wildman–Crippen MR) is 245 cm³/mol. The summed E-state index contributed by atoms with van der Waals surface area (Å²) in [7, 11) is 1.51. The van der Waals surface area contributed by atoms with Gasteiger partial charge in [-0.15, -0.1) is 6.58 Å². The Kier molecular flexibility index (Phi) is 11.9. The van der Waals surface area contributed by atoms with Crippen LogP contribution in [0, 0.1) is 5.41 Å². The number of nitrogens with zero attached hydrogens (tertiary/aromatic N) is 7. The second kappa shape index (κ2) is 17.8. The van der Waals surface area contributed by atoms with Gasteiger partial charge in [0.1, 0.15) is 23.5 Å². The number of anilines is 6. The molecule has 2 atom stereocenters. The fourth-order valence-corrected chi connectivity index (χ4v) is 10.2. The highest BCUT2D eigenvalue weighted by atomic mass is 16.2. The number of aromatic nitrogens is 3. The fourth-order valence-electron chi connectivity index (χ4n) is 10.2. The number of aryl methyl sites for hydroxylation is 1. The zero-order valence-corrected chi connectivity index (χ0v) is 36.4. The quantitative estimate of drug-likeness (QED) is 0.0656. The van der Waals surface area contributed by atoms with E-state index in [0.29, 0.717) is 59.1 Å². The molecule has 0 radical (unpaired) electrons. The number of hydrogen-bond acceptors (Lipinski definition) is 13. The Morgan fingerprint density at radius 2 is 1.73 bits per heavy atom. The van der Waals surface area contributed by atoms with Crippen molar-refractivity contribution < 1.29 is 24.0 Å². The standard InChI is InChI=1S/C48H55N11O5/c1-4-19-50-44(62)37-26-51-47(55-43(37)54-39-17-11-31-10-9-30(5-2)42(31)53-39)52-32-12-14-33(15-13-32)56-20-22-57(23-21-56)35-24-48(25-35)28-58(29-48)38-8-6-7-36-41(38)46(64)59(45(36)63)34(27-60)16-18-40(61)49-3/h4,6-8,11-15,17,26-27,30,34-35H,1,5,9-10,16,18-25,28-29H2,2-3H3,(H,49,61)(H,50,62)(H2,51,52,53,54,55). The maximum absolute atomic E-state index is 13.6. The molecule has 2 aromatic carbocycles. The predicted octanol–water partition coefficient (Wildman–Crippen LogP) is 5.20. The smallest absolute Gasteiger partial charge is 0.264 e. The van der Waals surface area contributed by atoms with Crippen LogP contribution in [0.2, 0.25) is 0 Å². The van der Waals surface area contributed by atoms with E-state index in [-0.39, 0.29) is 30.1 Å². The van der Waals surface area contributed by atoms with Crippen LogP contribution < -0.4 is 31.1 Å². The molecule has 9 rings (SSSR count). The van der Waals surface area contributed by atoms with Crippen molar-refractivity contribution in [2.75, 3.05) is 73.3 Å². The number of imide groups is 1. The van der Waals surface area contributed by atoms with Crippen LogP contribution >= 0.6 is 0 Å². The summed E-state index contributed by atoms with van der Waals surface area (Å²) in [4.78, 5) is 86.3. The van der Waals surface area contributed by atoms with Gasteiger partial charge in [-0.3, -0.25) is 29.0 Å². The number of fused-ring (bicyclic) bond motifs is 2. The molecule has 4 aromatic rings. The third kappa shape index (κ3) is 8.17. The van der Waals surface area contributed by atoms with Gasteiger partial charge in [0.2, 0.25) is 11.9 Å². The van der Waals surface area contributed by atoms with Crippen molar-refractivity contribution in [1.29, 1.82) is 0 Å². The highest BCUT2D eigenvalue weighted by molar-refractivity contribution is 6.24. The number of nitrogens with one attached hydrogen (secondary N) is 4. The highest BCUT2D eigenvalue weighted by Crippen LogP contribution is 2.52. The van der Waals surface area contributed by atoms with Crippen LogP contribution in [-0.2, 0) is 16.0 Å². The van der Waals surface area contributed by atoms with Gasteiger partial charge in [-0.2, -0.15) is 4.98 Å². The Balaban J connectivity index is 0.775. The van der Waals surface area contributed by atoms with E-state index in [1.807, 2.05) is 24.3 Å². The van der Waals surface area contributed by atoms with E-state index in [4.69, 9.17) is 9.97 Å². The molecule has 5 aliphatic rings. The van der Waals surface area contributed by atoms with Gasteiger partial charge in [-0.05, 0) is 86.6 Å². The van der Waals surface area contributed by atoms with Crippen LogP contribution in [0.25, 0.3) is 0 Å². The largest absolute Gasteiger partial charge is 0.370 e. The highest BCUT2D eigenvalue weighted by Gasteiger charge is 2.55. The van der Waals surface area contributed by atoms with Crippen molar-refractivity contribution in [3.8, 4) is 0 Å². The van der Waals surface area contributed by atoms with E-state index >= 15 is 0 Å². The molecule has 0 bridgehead atoms. The molecular formula is C48H55N11O5. The normalized spacial score (nSPS) is 19.3. The van der Waals surface area contributed by atoms with Crippen LogP contribution in [-0.4, -0.2) is 120 Å². The van der Waals surface area contributed by atoms with Gasteiger partial charge in [0.15, 0.2) is 0 Å². The summed E-state index contributed by atoms with van der Waals surface area (Å²) >= 11 is 0. The lowest BCUT2D eigenvalue weighted by molar-refractivity contribution is -0.121. The zero-order valence-electron chi connectivity index (χ0n) is 36.4. The maximum Gasteiger partial charge on any atom is 0.264 e. The Morgan fingerprint density at radius 3 is 2.45 bits per heavy atom. The monoisotopic (exact) mass is 865 g/mol.